The first-order valence-corrected chi connectivity index (χ1v) is 9.67. The Morgan fingerprint density at radius 2 is 2.29 bits per heavy atom. The molecule has 4 rings (SSSR count). The first kappa shape index (κ1) is 18.5. The summed E-state index contributed by atoms with van der Waals surface area (Å²) >= 11 is 0. The number of aromatic nitrogens is 2. The van der Waals surface area contributed by atoms with E-state index in [2.05, 4.69) is 31.7 Å². The smallest absolute Gasteiger partial charge is 0.194 e. The summed E-state index contributed by atoms with van der Waals surface area (Å²) in [5.74, 6) is 1.98. The third-order valence-electron chi connectivity index (χ3n) is 5.74. The zero-order valence-electron chi connectivity index (χ0n) is 16.5. The van der Waals surface area contributed by atoms with E-state index >= 15 is 0 Å². The van der Waals surface area contributed by atoms with Crippen molar-refractivity contribution in [3.8, 4) is 0 Å². The van der Waals surface area contributed by atoms with Crippen LogP contribution in [0.4, 0.5) is 4.39 Å². The summed E-state index contributed by atoms with van der Waals surface area (Å²) < 4.78 is 21.6. The van der Waals surface area contributed by atoms with Gasteiger partial charge in [-0.15, -0.1) is 0 Å². The molecule has 0 bridgehead atoms. The van der Waals surface area contributed by atoms with E-state index in [1.54, 1.807) is 13.1 Å². The summed E-state index contributed by atoms with van der Waals surface area (Å²) in [5, 5.41) is 4.23. The van der Waals surface area contributed by atoms with Gasteiger partial charge >= 0.3 is 0 Å². The zero-order chi connectivity index (χ0) is 19.7. The highest BCUT2D eigenvalue weighted by molar-refractivity contribution is 5.83. The molecule has 0 radical (unpaired) electrons. The molecule has 6 nitrogen and oxygen atoms in total. The van der Waals surface area contributed by atoms with Crippen LogP contribution in [0.15, 0.2) is 46.3 Å². The Morgan fingerprint density at radius 1 is 1.43 bits per heavy atom. The van der Waals surface area contributed by atoms with Crippen LogP contribution >= 0.6 is 0 Å². The summed E-state index contributed by atoms with van der Waals surface area (Å²) in [6, 6.07) is 4.99. The first-order valence-electron chi connectivity index (χ1n) is 9.67. The number of aliphatic imine (C=N–C) groups is 1. The Kier molecular flexibility index (Phi) is 5.07. The van der Waals surface area contributed by atoms with Gasteiger partial charge in [-0.3, -0.25) is 4.99 Å². The minimum absolute atomic E-state index is 0.250. The molecule has 0 aliphatic carbocycles. The van der Waals surface area contributed by atoms with Gasteiger partial charge in [0.2, 0.25) is 0 Å². The molecule has 1 saturated heterocycles. The normalized spacial score (nSPS) is 20.7. The van der Waals surface area contributed by atoms with Crippen LogP contribution in [0.3, 0.4) is 0 Å². The second-order valence-electron chi connectivity index (χ2n) is 7.48. The summed E-state index contributed by atoms with van der Waals surface area (Å²) in [4.78, 5) is 10.9. The molecule has 2 atom stereocenters. The van der Waals surface area contributed by atoms with Gasteiger partial charge in [0.1, 0.15) is 17.2 Å². The minimum Gasteiger partial charge on any atom is -0.459 e. The lowest BCUT2D eigenvalue weighted by molar-refractivity contribution is 0.188. The predicted molar refractivity (Wildman–Crippen MR) is 108 cm³/mol. The lowest BCUT2D eigenvalue weighted by Gasteiger charge is -2.39. The van der Waals surface area contributed by atoms with Gasteiger partial charge in [-0.05, 0) is 37.5 Å². The summed E-state index contributed by atoms with van der Waals surface area (Å²) in [6.45, 7) is 6.59. The van der Waals surface area contributed by atoms with Crippen molar-refractivity contribution in [3.63, 3.8) is 0 Å². The van der Waals surface area contributed by atoms with Crippen molar-refractivity contribution in [1.82, 2.24) is 19.8 Å². The molecule has 0 spiro atoms. The Balaban J connectivity index is 1.47. The quantitative estimate of drug-likeness (QED) is 0.553. The molecule has 1 fully saturated rings. The maximum atomic E-state index is 13.5. The standard InChI is InChI=1S/C21H26FN5O/c1-14-6-8-26(12-18(14)27-9-7-24-13-27)21(23-3)25-11-20-15(2)17-10-16(22)4-5-19(17)28-20/h4-5,7,9-10,13-14,18H,6,8,11-12H2,1-3H3,(H,23,25). The molecule has 0 saturated carbocycles. The fraction of sp³-hybridized carbons (Fsp3) is 0.429. The zero-order valence-corrected chi connectivity index (χ0v) is 16.5. The molecule has 7 heteroatoms. The molecule has 1 aliphatic heterocycles. The number of imidazole rings is 1. The largest absolute Gasteiger partial charge is 0.459 e. The van der Waals surface area contributed by atoms with Gasteiger partial charge in [-0.2, -0.15) is 0 Å². The summed E-state index contributed by atoms with van der Waals surface area (Å²) in [6.07, 6.45) is 6.83. The average molecular weight is 383 g/mol. The van der Waals surface area contributed by atoms with Crippen LogP contribution in [0.1, 0.15) is 30.7 Å². The van der Waals surface area contributed by atoms with Crippen LogP contribution in [-0.2, 0) is 6.54 Å². The van der Waals surface area contributed by atoms with E-state index in [9.17, 15) is 4.39 Å². The Hall–Kier alpha value is -2.83. The van der Waals surface area contributed by atoms with Crippen molar-refractivity contribution in [1.29, 1.82) is 0 Å². The van der Waals surface area contributed by atoms with Gasteiger partial charge in [-0.1, -0.05) is 6.92 Å². The third-order valence-corrected chi connectivity index (χ3v) is 5.74. The van der Waals surface area contributed by atoms with Crippen molar-refractivity contribution in [3.05, 3.63) is 54.1 Å². The summed E-state index contributed by atoms with van der Waals surface area (Å²) in [5.41, 5.74) is 1.67. The molecular weight excluding hydrogens is 357 g/mol. The number of furan rings is 1. The van der Waals surface area contributed by atoms with Gasteiger partial charge in [0, 0.05) is 43.5 Å². The second kappa shape index (κ2) is 7.66. The lowest BCUT2D eigenvalue weighted by atomic mass is 9.93. The van der Waals surface area contributed by atoms with Crippen molar-refractivity contribution < 1.29 is 8.81 Å². The van der Waals surface area contributed by atoms with Gasteiger partial charge in [-0.25, -0.2) is 9.37 Å². The maximum Gasteiger partial charge on any atom is 0.194 e. The average Bonchev–Trinajstić information content (AvgIpc) is 3.33. The van der Waals surface area contributed by atoms with Crippen LogP contribution in [0.25, 0.3) is 11.0 Å². The van der Waals surface area contributed by atoms with Gasteiger partial charge in [0.25, 0.3) is 0 Å². The van der Waals surface area contributed by atoms with Crippen molar-refractivity contribution in [2.24, 2.45) is 10.9 Å². The number of piperidine rings is 1. The number of halogens is 1. The minimum atomic E-state index is -0.250. The molecule has 0 amide bonds. The second-order valence-corrected chi connectivity index (χ2v) is 7.48. The van der Waals surface area contributed by atoms with E-state index in [1.807, 2.05) is 25.6 Å². The predicted octanol–water partition coefficient (Wildman–Crippen LogP) is 3.74. The lowest BCUT2D eigenvalue weighted by Crippen LogP contribution is -2.48. The Labute approximate surface area is 164 Å². The van der Waals surface area contributed by atoms with Crippen molar-refractivity contribution in [2.75, 3.05) is 20.1 Å². The van der Waals surface area contributed by atoms with Gasteiger partial charge in [0.15, 0.2) is 5.96 Å². The first-order chi connectivity index (χ1) is 13.6. The number of likely N-dealkylation sites (tertiary alicyclic amines) is 1. The fourth-order valence-electron chi connectivity index (χ4n) is 4.00. The number of guanidine groups is 1. The van der Waals surface area contributed by atoms with E-state index in [4.69, 9.17) is 4.42 Å². The molecule has 28 heavy (non-hydrogen) atoms. The fourth-order valence-corrected chi connectivity index (χ4v) is 4.00. The maximum absolute atomic E-state index is 13.5. The monoisotopic (exact) mass is 383 g/mol. The van der Waals surface area contributed by atoms with E-state index in [-0.39, 0.29) is 5.82 Å². The number of nitrogens with zero attached hydrogens (tertiary/aromatic N) is 4. The van der Waals surface area contributed by atoms with Gasteiger partial charge in [0.05, 0.1) is 18.9 Å². The van der Waals surface area contributed by atoms with E-state index in [0.717, 1.165) is 42.2 Å². The van der Waals surface area contributed by atoms with E-state index in [1.165, 1.54) is 12.1 Å². The molecule has 148 valence electrons. The SMILES string of the molecule is CN=C(NCc1oc2ccc(F)cc2c1C)N1CCC(C)C(n2ccnc2)C1. The molecule has 2 unspecified atom stereocenters. The highest BCUT2D eigenvalue weighted by atomic mass is 19.1. The van der Waals surface area contributed by atoms with Crippen molar-refractivity contribution in [2.45, 2.75) is 32.9 Å². The Bertz CT molecular complexity index is 978. The molecule has 1 aromatic carbocycles. The van der Waals surface area contributed by atoms with Crippen molar-refractivity contribution >= 4 is 16.9 Å². The molecule has 1 N–H and O–H groups in total. The molecular formula is C21H26FN5O. The highest BCUT2D eigenvalue weighted by Gasteiger charge is 2.29. The van der Waals surface area contributed by atoms with Crippen LogP contribution < -0.4 is 5.32 Å². The highest BCUT2D eigenvalue weighted by Crippen LogP contribution is 2.28. The van der Waals surface area contributed by atoms with E-state index < -0.39 is 0 Å². The number of hydrogen-bond donors (Lipinski definition) is 1. The van der Waals surface area contributed by atoms with E-state index in [0.29, 0.717) is 24.1 Å². The van der Waals surface area contributed by atoms with Gasteiger partial charge < -0.3 is 19.2 Å². The number of hydrogen-bond acceptors (Lipinski definition) is 3. The number of benzene rings is 1. The third kappa shape index (κ3) is 3.48. The molecule has 2 aromatic heterocycles. The Morgan fingerprint density at radius 3 is 3.04 bits per heavy atom. The molecule has 1 aliphatic rings. The van der Waals surface area contributed by atoms with Crippen LogP contribution in [0, 0.1) is 18.7 Å². The molecule has 3 heterocycles. The van der Waals surface area contributed by atoms with Crippen LogP contribution in [0.5, 0.6) is 0 Å². The number of fused-ring (bicyclic) bond motifs is 1. The summed E-state index contributed by atoms with van der Waals surface area (Å²) in [7, 11) is 1.80. The number of nitrogens with one attached hydrogen (secondary N) is 1. The number of aryl methyl sites for hydroxylation is 1. The van der Waals surface area contributed by atoms with Crippen LogP contribution in [0.2, 0.25) is 0 Å². The topological polar surface area (TPSA) is 58.6 Å². The number of rotatable bonds is 3. The van der Waals surface area contributed by atoms with Crippen LogP contribution in [-0.4, -0.2) is 40.5 Å². The molecule has 3 aromatic rings.